The molecule has 2 N–H and O–H groups in total. The van der Waals surface area contributed by atoms with Crippen molar-refractivity contribution in [3.8, 4) is 5.75 Å². The number of aryl methyl sites for hydroxylation is 1. The Morgan fingerprint density at radius 3 is 2.30 bits per heavy atom. The molecule has 1 heterocycles. The molecule has 0 bridgehead atoms. The quantitative estimate of drug-likeness (QED) is 0.435. The van der Waals surface area contributed by atoms with E-state index in [1.165, 1.54) is 24.3 Å². The third-order valence-corrected chi connectivity index (χ3v) is 4.66. The summed E-state index contributed by atoms with van der Waals surface area (Å²) in [6, 6.07) is 14.9. The molecular weight excluding hydrogens is 384 g/mol. The molecule has 154 valence electrons. The van der Waals surface area contributed by atoms with Crippen molar-refractivity contribution in [2.24, 2.45) is 0 Å². The van der Waals surface area contributed by atoms with E-state index < -0.39 is 11.0 Å². The number of urea groups is 1. The zero-order valence-corrected chi connectivity index (χ0v) is 16.9. The van der Waals surface area contributed by atoms with E-state index in [9.17, 15) is 14.9 Å². The first-order chi connectivity index (χ1) is 14.3. The van der Waals surface area contributed by atoms with E-state index in [0.717, 1.165) is 16.7 Å². The number of rotatable bonds is 6. The van der Waals surface area contributed by atoms with Crippen molar-refractivity contribution in [2.45, 2.75) is 27.4 Å². The molecular formula is C22H22N4O4. The summed E-state index contributed by atoms with van der Waals surface area (Å²) in [5.74, 6) is 1.12. The van der Waals surface area contributed by atoms with Crippen LogP contribution in [0.4, 0.5) is 22.0 Å². The smallest absolute Gasteiger partial charge is 0.324 e. The number of ether oxygens (including phenoxy) is 1. The summed E-state index contributed by atoms with van der Waals surface area (Å²) in [4.78, 5) is 27.0. The fourth-order valence-electron chi connectivity index (χ4n) is 2.92. The van der Waals surface area contributed by atoms with Crippen LogP contribution in [0.2, 0.25) is 0 Å². The molecule has 0 radical (unpaired) electrons. The van der Waals surface area contributed by atoms with Crippen LogP contribution in [0, 0.1) is 30.9 Å². The van der Waals surface area contributed by atoms with E-state index in [0.29, 0.717) is 29.6 Å². The van der Waals surface area contributed by atoms with Gasteiger partial charge in [-0.2, -0.15) is 0 Å². The van der Waals surface area contributed by atoms with Crippen molar-refractivity contribution < 1.29 is 14.5 Å². The summed E-state index contributed by atoms with van der Waals surface area (Å²) in [7, 11) is 0. The molecule has 3 rings (SSSR count). The molecule has 0 aliphatic rings. The average Bonchev–Trinajstić information content (AvgIpc) is 2.73. The fraction of sp³-hybridized carbons (Fsp3) is 0.182. The molecule has 0 saturated heterocycles. The number of carbonyl (C=O) groups excluding carboxylic acids is 1. The number of pyridine rings is 1. The van der Waals surface area contributed by atoms with Gasteiger partial charge < -0.3 is 10.1 Å². The maximum absolute atomic E-state index is 12.3. The molecule has 0 saturated carbocycles. The molecule has 0 atom stereocenters. The minimum atomic E-state index is -0.496. The Labute approximate surface area is 174 Å². The molecule has 2 amide bonds. The second-order valence-electron chi connectivity index (χ2n) is 6.78. The van der Waals surface area contributed by atoms with Crippen molar-refractivity contribution in [1.82, 2.24) is 4.98 Å². The highest BCUT2D eigenvalue weighted by atomic mass is 16.6. The largest absolute Gasteiger partial charge is 0.487 e. The van der Waals surface area contributed by atoms with Gasteiger partial charge in [0.2, 0.25) is 0 Å². The SMILES string of the molecule is Cc1nc(NC(=O)Nc2ccc([N+](=O)[O-])cc2)c(C)c(C)c1OCc1ccccc1. The van der Waals surface area contributed by atoms with Crippen LogP contribution in [-0.4, -0.2) is 15.9 Å². The summed E-state index contributed by atoms with van der Waals surface area (Å²) >= 11 is 0. The molecule has 3 aromatic rings. The lowest BCUT2D eigenvalue weighted by molar-refractivity contribution is -0.384. The monoisotopic (exact) mass is 406 g/mol. The summed E-state index contributed by atoms with van der Waals surface area (Å²) in [5.41, 5.74) is 3.80. The van der Waals surface area contributed by atoms with Crippen LogP contribution in [0.1, 0.15) is 22.4 Å². The highest BCUT2D eigenvalue weighted by molar-refractivity contribution is 5.99. The Morgan fingerprint density at radius 2 is 1.67 bits per heavy atom. The Bertz CT molecular complexity index is 1070. The Hall–Kier alpha value is -3.94. The lowest BCUT2D eigenvalue weighted by atomic mass is 10.1. The predicted molar refractivity (Wildman–Crippen MR) is 115 cm³/mol. The van der Waals surface area contributed by atoms with Crippen LogP contribution in [0.5, 0.6) is 5.75 Å². The first-order valence-electron chi connectivity index (χ1n) is 9.32. The van der Waals surface area contributed by atoms with Crippen molar-refractivity contribution in [3.05, 3.63) is 87.1 Å². The molecule has 0 fully saturated rings. The molecule has 8 nitrogen and oxygen atoms in total. The van der Waals surface area contributed by atoms with Crippen LogP contribution >= 0.6 is 0 Å². The van der Waals surface area contributed by atoms with E-state index in [4.69, 9.17) is 4.74 Å². The number of nitro benzene ring substituents is 1. The Balaban J connectivity index is 1.70. The first-order valence-corrected chi connectivity index (χ1v) is 9.32. The maximum Gasteiger partial charge on any atom is 0.324 e. The minimum absolute atomic E-state index is 0.0455. The number of carbonyl (C=O) groups is 1. The number of amides is 2. The van der Waals surface area contributed by atoms with Gasteiger partial charge in [-0.15, -0.1) is 0 Å². The number of non-ortho nitro benzene ring substituents is 1. The maximum atomic E-state index is 12.3. The molecule has 1 aromatic heterocycles. The third kappa shape index (κ3) is 4.91. The van der Waals surface area contributed by atoms with Gasteiger partial charge in [-0.3, -0.25) is 15.4 Å². The van der Waals surface area contributed by atoms with Gasteiger partial charge >= 0.3 is 6.03 Å². The van der Waals surface area contributed by atoms with E-state index in [-0.39, 0.29) is 5.69 Å². The summed E-state index contributed by atoms with van der Waals surface area (Å²) in [6.07, 6.45) is 0. The predicted octanol–water partition coefficient (Wildman–Crippen LogP) is 5.14. The van der Waals surface area contributed by atoms with Gasteiger partial charge in [0.05, 0.1) is 10.6 Å². The highest BCUT2D eigenvalue weighted by Crippen LogP contribution is 2.29. The van der Waals surface area contributed by atoms with Crippen LogP contribution in [0.25, 0.3) is 0 Å². The molecule has 0 spiro atoms. The van der Waals surface area contributed by atoms with E-state index in [2.05, 4.69) is 15.6 Å². The Kier molecular flexibility index (Phi) is 6.26. The molecule has 0 aliphatic heterocycles. The fourth-order valence-corrected chi connectivity index (χ4v) is 2.92. The van der Waals surface area contributed by atoms with Crippen LogP contribution in [0.3, 0.4) is 0 Å². The van der Waals surface area contributed by atoms with Crippen molar-refractivity contribution in [1.29, 1.82) is 0 Å². The van der Waals surface area contributed by atoms with Gasteiger partial charge in [0.1, 0.15) is 18.2 Å². The standard InChI is InChI=1S/C22H22N4O4/c1-14-15(2)21(23-16(3)20(14)30-13-17-7-5-4-6-8-17)25-22(27)24-18-9-11-19(12-10-18)26(28)29/h4-12H,13H2,1-3H3,(H2,23,24,25,27). The topological polar surface area (TPSA) is 106 Å². The van der Waals surface area contributed by atoms with Gasteiger partial charge in [0.15, 0.2) is 0 Å². The van der Waals surface area contributed by atoms with Crippen LogP contribution in [-0.2, 0) is 6.61 Å². The van der Waals surface area contributed by atoms with Crippen molar-refractivity contribution >= 4 is 23.2 Å². The summed E-state index contributed by atoms with van der Waals surface area (Å²) < 4.78 is 5.97. The molecule has 30 heavy (non-hydrogen) atoms. The van der Waals surface area contributed by atoms with E-state index >= 15 is 0 Å². The lowest BCUT2D eigenvalue weighted by Gasteiger charge is -2.17. The number of benzene rings is 2. The van der Waals surface area contributed by atoms with Gasteiger partial charge in [0.25, 0.3) is 5.69 Å². The average molecular weight is 406 g/mol. The normalized spacial score (nSPS) is 10.4. The Morgan fingerprint density at radius 1 is 1.00 bits per heavy atom. The zero-order chi connectivity index (χ0) is 21.7. The number of hydrogen-bond acceptors (Lipinski definition) is 5. The summed E-state index contributed by atoms with van der Waals surface area (Å²) in [6.45, 7) is 6.03. The molecule has 0 unspecified atom stereocenters. The van der Waals surface area contributed by atoms with Gasteiger partial charge in [-0.05, 0) is 49.6 Å². The van der Waals surface area contributed by atoms with Gasteiger partial charge in [0, 0.05) is 17.8 Å². The second kappa shape index (κ2) is 9.04. The number of aromatic nitrogens is 1. The molecule has 0 aliphatic carbocycles. The molecule has 2 aromatic carbocycles. The zero-order valence-electron chi connectivity index (χ0n) is 16.9. The number of nitrogens with zero attached hydrogens (tertiary/aromatic N) is 2. The third-order valence-electron chi connectivity index (χ3n) is 4.66. The second-order valence-corrected chi connectivity index (χ2v) is 6.78. The van der Waals surface area contributed by atoms with Gasteiger partial charge in [-0.1, -0.05) is 30.3 Å². The molecule has 8 heteroatoms. The van der Waals surface area contributed by atoms with E-state index in [1.807, 2.05) is 51.1 Å². The first kappa shape index (κ1) is 20.8. The van der Waals surface area contributed by atoms with Crippen LogP contribution in [0.15, 0.2) is 54.6 Å². The number of nitrogens with one attached hydrogen (secondary N) is 2. The summed E-state index contributed by atoms with van der Waals surface area (Å²) in [5, 5.41) is 16.1. The highest BCUT2D eigenvalue weighted by Gasteiger charge is 2.15. The number of nitro groups is 1. The van der Waals surface area contributed by atoms with E-state index in [1.54, 1.807) is 0 Å². The van der Waals surface area contributed by atoms with Crippen molar-refractivity contribution in [3.63, 3.8) is 0 Å². The number of hydrogen-bond donors (Lipinski definition) is 2. The lowest BCUT2D eigenvalue weighted by Crippen LogP contribution is -2.21. The van der Waals surface area contributed by atoms with Crippen LogP contribution < -0.4 is 15.4 Å². The van der Waals surface area contributed by atoms with Gasteiger partial charge in [-0.25, -0.2) is 9.78 Å². The number of anilines is 2. The van der Waals surface area contributed by atoms with Crippen molar-refractivity contribution in [2.75, 3.05) is 10.6 Å². The minimum Gasteiger partial charge on any atom is -0.487 e.